The third-order valence-electron chi connectivity index (χ3n) is 5.04. The zero-order valence-corrected chi connectivity index (χ0v) is 17.0. The minimum absolute atomic E-state index is 0.0321. The normalized spacial score (nSPS) is 16.0. The van der Waals surface area contributed by atoms with Crippen LogP contribution in [-0.2, 0) is 11.3 Å². The number of hydrogen-bond acceptors (Lipinski definition) is 3. The van der Waals surface area contributed by atoms with E-state index in [2.05, 4.69) is 34.0 Å². The van der Waals surface area contributed by atoms with E-state index >= 15 is 0 Å². The third kappa shape index (κ3) is 8.01. The molecule has 1 saturated carbocycles. The van der Waals surface area contributed by atoms with E-state index in [4.69, 9.17) is 0 Å². The number of aryl methyl sites for hydroxylation is 2. The van der Waals surface area contributed by atoms with Crippen LogP contribution in [0.4, 0.5) is 4.79 Å². The lowest BCUT2D eigenvalue weighted by Gasteiger charge is -2.22. The first-order valence-electron chi connectivity index (χ1n) is 10.3. The lowest BCUT2D eigenvalue weighted by atomic mass is 9.96. The Morgan fingerprint density at radius 1 is 1.22 bits per heavy atom. The second-order valence-corrected chi connectivity index (χ2v) is 7.86. The summed E-state index contributed by atoms with van der Waals surface area (Å²) in [6.07, 6.45) is 6.89. The molecule has 1 aliphatic carbocycles. The monoisotopic (exact) mass is 377 g/mol. The highest BCUT2D eigenvalue weighted by molar-refractivity contribution is 5.76. The fraction of sp³-hybridized carbons (Fsp3) is 0.750. The molecular weight excluding hydrogens is 342 g/mol. The predicted octanol–water partition coefficient (Wildman–Crippen LogP) is 2.66. The van der Waals surface area contributed by atoms with Crippen molar-refractivity contribution in [3.63, 3.8) is 0 Å². The summed E-state index contributed by atoms with van der Waals surface area (Å²) in [6, 6.07) is 2.26. The van der Waals surface area contributed by atoms with E-state index in [-0.39, 0.29) is 11.9 Å². The maximum Gasteiger partial charge on any atom is 0.315 e. The lowest BCUT2D eigenvalue weighted by Crippen LogP contribution is -2.43. The number of nitrogens with one attached hydrogen (secondary N) is 3. The van der Waals surface area contributed by atoms with Crippen LogP contribution >= 0.6 is 0 Å². The van der Waals surface area contributed by atoms with Crippen LogP contribution in [0.3, 0.4) is 0 Å². The molecular formula is C20H35N5O2. The van der Waals surface area contributed by atoms with Crippen molar-refractivity contribution in [1.29, 1.82) is 0 Å². The number of aromatic nitrogens is 2. The van der Waals surface area contributed by atoms with E-state index in [1.54, 1.807) is 0 Å². The van der Waals surface area contributed by atoms with E-state index in [0.717, 1.165) is 30.8 Å². The Kier molecular flexibility index (Phi) is 8.61. The van der Waals surface area contributed by atoms with Gasteiger partial charge in [0.05, 0.1) is 5.69 Å². The summed E-state index contributed by atoms with van der Waals surface area (Å²) in [5.74, 6) is 0.344. The van der Waals surface area contributed by atoms with Gasteiger partial charge in [-0.05, 0) is 45.1 Å². The standard InChI is InChI=1S/C20H35N5O2/c1-15(14-25-17(3)12-16(2)24-25)13-22-19(26)10-7-11-21-20(27)23-18-8-5-4-6-9-18/h12,15,18H,4-11,13-14H2,1-3H3,(H,22,26)(H2,21,23,27). The van der Waals surface area contributed by atoms with Crippen molar-refractivity contribution >= 4 is 11.9 Å². The Hall–Kier alpha value is -2.05. The summed E-state index contributed by atoms with van der Waals surface area (Å²) >= 11 is 0. The van der Waals surface area contributed by atoms with Crippen molar-refractivity contribution in [2.75, 3.05) is 13.1 Å². The van der Waals surface area contributed by atoms with Gasteiger partial charge in [-0.25, -0.2) is 4.79 Å². The molecule has 0 spiro atoms. The lowest BCUT2D eigenvalue weighted by molar-refractivity contribution is -0.121. The van der Waals surface area contributed by atoms with Gasteiger partial charge >= 0.3 is 6.03 Å². The largest absolute Gasteiger partial charge is 0.356 e. The van der Waals surface area contributed by atoms with E-state index in [1.165, 1.54) is 19.3 Å². The van der Waals surface area contributed by atoms with Gasteiger partial charge in [-0.3, -0.25) is 9.48 Å². The van der Waals surface area contributed by atoms with Crippen LogP contribution in [0.2, 0.25) is 0 Å². The molecule has 1 aliphatic rings. The summed E-state index contributed by atoms with van der Waals surface area (Å²) < 4.78 is 1.99. The van der Waals surface area contributed by atoms with Gasteiger partial charge in [0.25, 0.3) is 0 Å². The first-order valence-corrected chi connectivity index (χ1v) is 10.3. The molecule has 1 aromatic rings. The maximum atomic E-state index is 12.0. The molecule has 1 atom stereocenters. The molecule has 3 N–H and O–H groups in total. The first-order chi connectivity index (χ1) is 12.9. The highest BCUT2D eigenvalue weighted by atomic mass is 16.2. The molecule has 0 bridgehead atoms. The van der Waals surface area contributed by atoms with Crippen LogP contribution in [0.25, 0.3) is 0 Å². The number of hydrogen-bond donors (Lipinski definition) is 3. The van der Waals surface area contributed by atoms with Gasteiger partial charge in [-0.15, -0.1) is 0 Å². The molecule has 27 heavy (non-hydrogen) atoms. The molecule has 0 aliphatic heterocycles. The number of rotatable bonds is 9. The molecule has 2 rings (SSSR count). The smallest absolute Gasteiger partial charge is 0.315 e. The van der Waals surface area contributed by atoms with Crippen molar-refractivity contribution in [3.05, 3.63) is 17.5 Å². The first kappa shape index (κ1) is 21.3. The molecule has 1 unspecified atom stereocenters. The molecule has 0 radical (unpaired) electrons. The average Bonchev–Trinajstić information content (AvgIpc) is 2.95. The zero-order chi connectivity index (χ0) is 19.6. The minimum Gasteiger partial charge on any atom is -0.356 e. The highest BCUT2D eigenvalue weighted by Crippen LogP contribution is 2.17. The van der Waals surface area contributed by atoms with Crippen LogP contribution in [0, 0.1) is 19.8 Å². The average molecular weight is 378 g/mol. The van der Waals surface area contributed by atoms with Crippen LogP contribution in [0.5, 0.6) is 0 Å². The van der Waals surface area contributed by atoms with Crippen molar-refractivity contribution in [3.8, 4) is 0 Å². The third-order valence-corrected chi connectivity index (χ3v) is 5.04. The number of nitrogens with zero attached hydrogens (tertiary/aromatic N) is 2. The van der Waals surface area contributed by atoms with Gasteiger partial charge < -0.3 is 16.0 Å². The Labute approximate surface area is 162 Å². The number of amides is 3. The van der Waals surface area contributed by atoms with E-state index < -0.39 is 0 Å². The second kappa shape index (κ2) is 10.9. The van der Waals surface area contributed by atoms with Crippen molar-refractivity contribution < 1.29 is 9.59 Å². The summed E-state index contributed by atoms with van der Waals surface area (Å²) in [7, 11) is 0. The zero-order valence-electron chi connectivity index (χ0n) is 17.0. The van der Waals surface area contributed by atoms with E-state index in [1.807, 2.05) is 18.5 Å². The Balaban J connectivity index is 1.52. The molecule has 1 aromatic heterocycles. The van der Waals surface area contributed by atoms with Gasteiger partial charge in [0, 0.05) is 37.8 Å². The molecule has 0 saturated heterocycles. The summed E-state index contributed by atoms with van der Waals surface area (Å²) in [5, 5.41) is 13.3. The minimum atomic E-state index is -0.110. The molecule has 0 aromatic carbocycles. The van der Waals surface area contributed by atoms with Gasteiger partial charge in [0.15, 0.2) is 0 Å². The van der Waals surface area contributed by atoms with Crippen LogP contribution < -0.4 is 16.0 Å². The quantitative estimate of drug-likeness (QED) is 0.578. The maximum absolute atomic E-state index is 12.0. The molecule has 1 fully saturated rings. The molecule has 7 nitrogen and oxygen atoms in total. The van der Waals surface area contributed by atoms with Gasteiger partial charge in [0.2, 0.25) is 5.91 Å². The summed E-state index contributed by atoms with van der Waals surface area (Å²) in [6.45, 7) is 8.08. The topological polar surface area (TPSA) is 88.0 Å². The fourth-order valence-electron chi connectivity index (χ4n) is 3.53. The Morgan fingerprint density at radius 2 is 1.96 bits per heavy atom. The Bertz CT molecular complexity index is 608. The fourth-order valence-corrected chi connectivity index (χ4v) is 3.53. The molecule has 1 heterocycles. The second-order valence-electron chi connectivity index (χ2n) is 7.86. The molecule has 7 heteroatoms. The number of carbonyl (C=O) groups excluding carboxylic acids is 2. The van der Waals surface area contributed by atoms with Crippen molar-refractivity contribution in [2.45, 2.75) is 78.3 Å². The van der Waals surface area contributed by atoms with Crippen molar-refractivity contribution in [1.82, 2.24) is 25.7 Å². The number of carbonyl (C=O) groups is 2. The van der Waals surface area contributed by atoms with E-state index in [9.17, 15) is 9.59 Å². The van der Waals surface area contributed by atoms with Crippen molar-refractivity contribution in [2.24, 2.45) is 5.92 Å². The van der Waals surface area contributed by atoms with Gasteiger partial charge in [-0.1, -0.05) is 26.2 Å². The Morgan fingerprint density at radius 3 is 2.63 bits per heavy atom. The molecule has 3 amide bonds. The SMILES string of the molecule is Cc1cc(C)n(CC(C)CNC(=O)CCCNC(=O)NC2CCCCC2)n1. The van der Waals surface area contributed by atoms with Gasteiger partial charge in [0.1, 0.15) is 0 Å². The van der Waals surface area contributed by atoms with Crippen LogP contribution in [0.15, 0.2) is 6.07 Å². The van der Waals surface area contributed by atoms with Crippen LogP contribution in [0.1, 0.15) is 63.3 Å². The summed E-state index contributed by atoms with van der Waals surface area (Å²) in [5.41, 5.74) is 2.16. The predicted molar refractivity (Wildman–Crippen MR) is 107 cm³/mol. The number of urea groups is 1. The van der Waals surface area contributed by atoms with Crippen LogP contribution in [-0.4, -0.2) is 40.9 Å². The van der Waals surface area contributed by atoms with E-state index in [0.29, 0.717) is 37.9 Å². The highest BCUT2D eigenvalue weighted by Gasteiger charge is 2.15. The summed E-state index contributed by atoms with van der Waals surface area (Å²) in [4.78, 5) is 23.8. The van der Waals surface area contributed by atoms with Gasteiger partial charge in [-0.2, -0.15) is 5.10 Å². The molecule has 152 valence electrons.